The van der Waals surface area contributed by atoms with Gasteiger partial charge in [-0.2, -0.15) is 0 Å². The van der Waals surface area contributed by atoms with Crippen LogP contribution in [0.3, 0.4) is 0 Å². The molecule has 0 spiro atoms. The van der Waals surface area contributed by atoms with Crippen LogP contribution in [0.4, 0.5) is 16.2 Å². The van der Waals surface area contributed by atoms with E-state index in [0.717, 1.165) is 5.69 Å². The summed E-state index contributed by atoms with van der Waals surface area (Å²) < 4.78 is 5.17. The number of hydrogen-bond donors (Lipinski definition) is 2. The number of ether oxygens (including phenoxy) is 1. The highest BCUT2D eigenvalue weighted by molar-refractivity contribution is 6.05. The Labute approximate surface area is 134 Å². The lowest BCUT2D eigenvalue weighted by molar-refractivity contribution is -0.119. The van der Waals surface area contributed by atoms with Crippen LogP contribution in [-0.4, -0.2) is 30.7 Å². The maximum Gasteiger partial charge on any atom is 0.415 e. The highest BCUT2D eigenvalue weighted by atomic mass is 16.6. The predicted molar refractivity (Wildman–Crippen MR) is 86.9 cm³/mol. The second-order valence-corrected chi connectivity index (χ2v) is 6.08. The van der Waals surface area contributed by atoms with Gasteiger partial charge in [-0.25, -0.2) is 4.79 Å². The molecule has 0 radical (unpaired) electrons. The first kappa shape index (κ1) is 15.4. The minimum Gasteiger partial charge on any atom is -0.438 e. The van der Waals surface area contributed by atoms with E-state index >= 15 is 0 Å². The van der Waals surface area contributed by atoms with Crippen molar-refractivity contribution in [3.63, 3.8) is 0 Å². The molecule has 1 saturated heterocycles. The zero-order valence-electron chi connectivity index (χ0n) is 13.2. The van der Waals surface area contributed by atoms with Crippen molar-refractivity contribution in [1.29, 1.82) is 0 Å². The average Bonchev–Trinajstić information content (AvgIpc) is 2.99. The summed E-state index contributed by atoms with van der Waals surface area (Å²) in [5.74, 6) is -0.135. The molecule has 2 amide bonds. The Balaban J connectivity index is 1.95. The monoisotopic (exact) mass is 316 g/mol. The third-order valence-corrected chi connectivity index (χ3v) is 4.16. The maximum absolute atomic E-state index is 12.3. The van der Waals surface area contributed by atoms with Crippen LogP contribution in [0.15, 0.2) is 30.5 Å². The van der Waals surface area contributed by atoms with Gasteiger partial charge in [0, 0.05) is 28.7 Å². The summed E-state index contributed by atoms with van der Waals surface area (Å²) >= 11 is 0. The molecule has 0 saturated carbocycles. The summed E-state index contributed by atoms with van der Waals surface area (Å²) in [4.78, 5) is 27.5. The van der Waals surface area contributed by atoms with Gasteiger partial charge in [-0.3, -0.25) is 9.69 Å². The van der Waals surface area contributed by atoms with E-state index in [1.807, 2.05) is 19.9 Å². The lowest BCUT2D eigenvalue weighted by Gasteiger charge is -2.22. The van der Waals surface area contributed by atoms with Gasteiger partial charge in [0.1, 0.15) is 6.04 Å². The Hall–Kier alpha value is -2.54. The molecule has 1 fully saturated rings. The third kappa shape index (κ3) is 2.33. The smallest absolute Gasteiger partial charge is 0.415 e. The fourth-order valence-electron chi connectivity index (χ4n) is 2.98. The first-order valence-corrected chi connectivity index (χ1v) is 7.46. The number of nitrogens with two attached hydrogens (primary N) is 2. The SMILES string of the molecule is C=C(N)[C@H]1CN(c2ccc3c(c2)C(N)C(=O)N3C(C)C)C(=O)O1. The maximum atomic E-state index is 12.3. The molecule has 122 valence electrons. The molecule has 3 rings (SSSR count). The van der Waals surface area contributed by atoms with Gasteiger partial charge in [-0.1, -0.05) is 6.58 Å². The lowest BCUT2D eigenvalue weighted by Crippen LogP contribution is -2.36. The molecule has 7 nitrogen and oxygen atoms in total. The van der Waals surface area contributed by atoms with Crippen molar-refractivity contribution in [3.8, 4) is 0 Å². The number of amides is 2. The second-order valence-electron chi connectivity index (χ2n) is 6.08. The van der Waals surface area contributed by atoms with Gasteiger partial charge in [-0.15, -0.1) is 0 Å². The standard InChI is InChI=1S/C16H20N4O3/c1-8(2)20-12-5-4-10(6-11(12)14(18)15(20)21)19-7-13(9(3)17)23-16(19)22/h4-6,8,13-14H,3,7,17-18H2,1-2H3/t13-,14?/m1/s1. The first-order valence-electron chi connectivity index (χ1n) is 7.46. The number of rotatable bonds is 3. The Morgan fingerprint density at radius 3 is 2.65 bits per heavy atom. The topological polar surface area (TPSA) is 102 Å². The second kappa shape index (κ2) is 5.27. The highest BCUT2D eigenvalue weighted by Crippen LogP contribution is 2.39. The van der Waals surface area contributed by atoms with E-state index < -0.39 is 18.2 Å². The molecule has 7 heteroatoms. The summed E-state index contributed by atoms with van der Waals surface area (Å²) in [7, 11) is 0. The first-order chi connectivity index (χ1) is 10.8. The molecule has 0 aliphatic carbocycles. The number of carbonyl (C=O) groups excluding carboxylic acids is 2. The Morgan fingerprint density at radius 1 is 1.39 bits per heavy atom. The number of hydrogen-bond acceptors (Lipinski definition) is 5. The van der Waals surface area contributed by atoms with Crippen molar-refractivity contribution >= 4 is 23.4 Å². The van der Waals surface area contributed by atoms with Gasteiger partial charge in [0.25, 0.3) is 0 Å². The van der Waals surface area contributed by atoms with Crippen LogP contribution in [-0.2, 0) is 9.53 Å². The average molecular weight is 316 g/mol. The van der Waals surface area contributed by atoms with Crippen LogP contribution in [0.5, 0.6) is 0 Å². The molecular formula is C16H20N4O3. The Bertz CT molecular complexity index is 701. The van der Waals surface area contributed by atoms with E-state index in [0.29, 0.717) is 23.5 Å². The number of fused-ring (bicyclic) bond motifs is 1. The van der Waals surface area contributed by atoms with Crippen molar-refractivity contribution in [2.24, 2.45) is 11.5 Å². The molecule has 2 atom stereocenters. The molecule has 2 heterocycles. The summed E-state index contributed by atoms with van der Waals surface area (Å²) in [6, 6.07) is 4.66. The summed E-state index contributed by atoms with van der Waals surface area (Å²) in [5.41, 5.74) is 14.1. The predicted octanol–water partition coefficient (Wildman–Crippen LogP) is 1.24. The van der Waals surface area contributed by atoms with Gasteiger partial charge < -0.3 is 21.1 Å². The van der Waals surface area contributed by atoms with Crippen LogP contribution in [0.1, 0.15) is 25.5 Å². The van der Waals surface area contributed by atoms with Gasteiger partial charge in [0.15, 0.2) is 6.10 Å². The van der Waals surface area contributed by atoms with Crippen molar-refractivity contribution in [1.82, 2.24) is 0 Å². The molecule has 0 aromatic heterocycles. The number of cyclic esters (lactones) is 1. The quantitative estimate of drug-likeness (QED) is 0.873. The van der Waals surface area contributed by atoms with Crippen LogP contribution in [0, 0.1) is 0 Å². The number of carbonyl (C=O) groups is 2. The normalized spacial score (nSPS) is 23.5. The number of benzene rings is 1. The van der Waals surface area contributed by atoms with Gasteiger partial charge in [-0.05, 0) is 32.0 Å². The molecule has 2 aliphatic rings. The summed E-state index contributed by atoms with van der Waals surface area (Å²) in [5, 5.41) is 0. The Kier molecular flexibility index (Phi) is 3.52. The van der Waals surface area contributed by atoms with Gasteiger partial charge in [0.05, 0.1) is 6.54 Å². The Morgan fingerprint density at radius 2 is 2.09 bits per heavy atom. The van der Waals surface area contributed by atoms with Crippen LogP contribution in [0.2, 0.25) is 0 Å². The summed E-state index contributed by atoms with van der Waals surface area (Å²) in [6.45, 7) is 7.77. The molecule has 4 N–H and O–H groups in total. The highest BCUT2D eigenvalue weighted by Gasteiger charge is 2.38. The van der Waals surface area contributed by atoms with E-state index in [4.69, 9.17) is 16.2 Å². The minimum atomic E-state index is -0.716. The molecule has 2 aliphatic heterocycles. The van der Waals surface area contributed by atoms with E-state index in [1.54, 1.807) is 17.0 Å². The fourth-order valence-corrected chi connectivity index (χ4v) is 2.98. The largest absolute Gasteiger partial charge is 0.438 e. The molecule has 0 bridgehead atoms. The van der Waals surface area contributed by atoms with Crippen LogP contribution >= 0.6 is 0 Å². The van der Waals surface area contributed by atoms with Crippen LogP contribution < -0.4 is 21.3 Å². The molecule has 1 aromatic carbocycles. The minimum absolute atomic E-state index is 0.0161. The van der Waals surface area contributed by atoms with Gasteiger partial charge >= 0.3 is 6.09 Å². The third-order valence-electron chi connectivity index (χ3n) is 4.16. The molecule has 1 aromatic rings. The van der Waals surface area contributed by atoms with E-state index in [2.05, 4.69) is 6.58 Å². The number of nitrogens with zero attached hydrogens (tertiary/aromatic N) is 2. The lowest BCUT2D eigenvalue weighted by atomic mass is 10.1. The summed E-state index contributed by atoms with van der Waals surface area (Å²) in [6.07, 6.45) is -1.02. The van der Waals surface area contributed by atoms with E-state index in [1.165, 1.54) is 4.90 Å². The fraction of sp³-hybridized carbons (Fsp3) is 0.375. The number of anilines is 2. The zero-order valence-corrected chi connectivity index (χ0v) is 13.2. The van der Waals surface area contributed by atoms with Crippen molar-refractivity contribution in [3.05, 3.63) is 36.0 Å². The molecule has 23 heavy (non-hydrogen) atoms. The van der Waals surface area contributed by atoms with E-state index in [-0.39, 0.29) is 11.9 Å². The van der Waals surface area contributed by atoms with E-state index in [9.17, 15) is 9.59 Å². The zero-order chi connectivity index (χ0) is 16.9. The van der Waals surface area contributed by atoms with Crippen molar-refractivity contribution < 1.29 is 14.3 Å². The molecule has 1 unspecified atom stereocenters. The van der Waals surface area contributed by atoms with Crippen molar-refractivity contribution in [2.75, 3.05) is 16.3 Å². The molecular weight excluding hydrogens is 296 g/mol. The van der Waals surface area contributed by atoms with Crippen molar-refractivity contribution in [2.45, 2.75) is 32.0 Å². The van der Waals surface area contributed by atoms with Crippen LogP contribution in [0.25, 0.3) is 0 Å². The van der Waals surface area contributed by atoms with Gasteiger partial charge in [0.2, 0.25) is 5.91 Å².